The fourth-order valence-electron chi connectivity index (χ4n) is 0.303. The third-order valence-electron chi connectivity index (χ3n) is 0.826. The van der Waals surface area contributed by atoms with Crippen molar-refractivity contribution in [3.05, 3.63) is 0 Å². The summed E-state index contributed by atoms with van der Waals surface area (Å²) in [5, 5.41) is 0. The molecule has 54 valence electrons. The summed E-state index contributed by atoms with van der Waals surface area (Å²) < 4.78 is 10.4. The lowest BCUT2D eigenvalue weighted by Gasteiger charge is -2.09. The topological polar surface area (TPSA) is 43.4 Å². The van der Waals surface area contributed by atoms with Gasteiger partial charge in [-0.15, -0.1) is 0 Å². The SMILES string of the molecule is CN(C)C(=O)C[S+](C)[O-]. The quantitative estimate of drug-likeness (QED) is 0.495. The maximum atomic E-state index is 10.7. The Hall–Kier alpha value is -0.220. The fourth-order valence-corrected chi connectivity index (χ4v) is 0.909. The molecule has 0 aliphatic heterocycles. The number of amides is 1. The zero-order valence-corrected chi connectivity index (χ0v) is 6.70. The van der Waals surface area contributed by atoms with E-state index in [1.165, 1.54) is 11.2 Å². The van der Waals surface area contributed by atoms with Crippen LogP contribution in [0.3, 0.4) is 0 Å². The van der Waals surface area contributed by atoms with E-state index < -0.39 is 11.2 Å². The molecule has 0 saturated heterocycles. The van der Waals surface area contributed by atoms with Gasteiger partial charge >= 0.3 is 0 Å². The average Bonchev–Trinajstić information content (AvgIpc) is 1.63. The van der Waals surface area contributed by atoms with E-state index >= 15 is 0 Å². The summed E-state index contributed by atoms with van der Waals surface area (Å²) in [6.07, 6.45) is 1.52. The van der Waals surface area contributed by atoms with Crippen LogP contribution in [0.4, 0.5) is 0 Å². The van der Waals surface area contributed by atoms with Gasteiger partial charge in [0.05, 0.1) is 6.26 Å². The highest BCUT2D eigenvalue weighted by atomic mass is 32.2. The number of nitrogens with zero attached hydrogens (tertiary/aromatic N) is 1. The Kier molecular flexibility index (Phi) is 3.65. The summed E-state index contributed by atoms with van der Waals surface area (Å²) in [5.41, 5.74) is 0. The van der Waals surface area contributed by atoms with Gasteiger partial charge in [-0.2, -0.15) is 0 Å². The zero-order chi connectivity index (χ0) is 7.44. The summed E-state index contributed by atoms with van der Waals surface area (Å²) in [5.74, 6) is 0.0448. The third-order valence-corrected chi connectivity index (χ3v) is 1.48. The Balaban J connectivity index is 3.51. The molecule has 0 aromatic carbocycles. The second kappa shape index (κ2) is 3.74. The van der Waals surface area contributed by atoms with Gasteiger partial charge in [-0.25, -0.2) is 0 Å². The molecule has 0 radical (unpaired) electrons. The predicted molar refractivity (Wildman–Crippen MR) is 37.6 cm³/mol. The molecule has 1 atom stereocenters. The lowest BCUT2D eigenvalue weighted by atomic mass is 10.6. The summed E-state index contributed by atoms with van der Waals surface area (Å²) >= 11 is -1.01. The third kappa shape index (κ3) is 4.29. The standard InChI is InChI=1S/C5H11NO2S/c1-6(2)5(7)4-9(3)8/h4H2,1-3H3. The molecule has 0 fully saturated rings. The normalized spacial score (nSPS) is 12.9. The van der Waals surface area contributed by atoms with Gasteiger partial charge < -0.3 is 9.45 Å². The van der Waals surface area contributed by atoms with Crippen molar-refractivity contribution in [3.63, 3.8) is 0 Å². The van der Waals surface area contributed by atoms with Crippen LogP contribution in [0.25, 0.3) is 0 Å². The van der Waals surface area contributed by atoms with Crippen molar-refractivity contribution >= 4 is 17.1 Å². The van der Waals surface area contributed by atoms with Crippen LogP contribution in [0, 0.1) is 0 Å². The average molecular weight is 149 g/mol. The lowest BCUT2D eigenvalue weighted by molar-refractivity contribution is -0.125. The minimum absolute atomic E-state index is 0.0872. The number of hydrogen-bond donors (Lipinski definition) is 0. The smallest absolute Gasteiger partial charge is 0.271 e. The molecule has 0 aliphatic rings. The van der Waals surface area contributed by atoms with E-state index in [2.05, 4.69) is 0 Å². The molecule has 4 heteroatoms. The Bertz CT molecular complexity index is 103. The molecular formula is C5H11NO2S. The lowest BCUT2D eigenvalue weighted by Crippen LogP contribution is -2.28. The Labute approximate surface area is 58.2 Å². The minimum Gasteiger partial charge on any atom is -0.616 e. The van der Waals surface area contributed by atoms with Crippen molar-refractivity contribution in [2.24, 2.45) is 0 Å². The molecular weight excluding hydrogens is 138 g/mol. The first-order valence-electron chi connectivity index (χ1n) is 2.54. The van der Waals surface area contributed by atoms with Gasteiger partial charge in [0, 0.05) is 14.1 Å². The highest BCUT2D eigenvalue weighted by Crippen LogP contribution is 1.86. The molecule has 1 unspecified atom stereocenters. The molecule has 0 aliphatic carbocycles. The molecule has 0 aromatic rings. The Morgan fingerprint density at radius 3 is 2.22 bits per heavy atom. The van der Waals surface area contributed by atoms with Crippen molar-refractivity contribution in [2.45, 2.75) is 0 Å². The van der Waals surface area contributed by atoms with Crippen LogP contribution in [0.2, 0.25) is 0 Å². The molecule has 0 saturated carbocycles. The molecule has 0 spiro atoms. The Morgan fingerprint density at radius 2 is 2.11 bits per heavy atom. The van der Waals surface area contributed by atoms with E-state index in [1.54, 1.807) is 14.1 Å². The molecule has 0 rings (SSSR count). The first-order valence-corrected chi connectivity index (χ1v) is 4.27. The van der Waals surface area contributed by atoms with Gasteiger partial charge in [-0.1, -0.05) is 0 Å². The van der Waals surface area contributed by atoms with Gasteiger partial charge in [-0.05, 0) is 11.2 Å². The van der Waals surface area contributed by atoms with Gasteiger partial charge in [0.2, 0.25) is 0 Å². The van der Waals surface area contributed by atoms with Crippen molar-refractivity contribution in [1.82, 2.24) is 4.90 Å². The largest absolute Gasteiger partial charge is 0.616 e. The van der Waals surface area contributed by atoms with E-state index in [0.717, 1.165) is 0 Å². The van der Waals surface area contributed by atoms with E-state index in [1.807, 2.05) is 0 Å². The number of carbonyl (C=O) groups is 1. The molecule has 3 nitrogen and oxygen atoms in total. The number of rotatable bonds is 2. The van der Waals surface area contributed by atoms with Crippen molar-refractivity contribution < 1.29 is 9.35 Å². The molecule has 9 heavy (non-hydrogen) atoms. The van der Waals surface area contributed by atoms with Crippen LogP contribution in [-0.4, -0.2) is 41.5 Å². The van der Waals surface area contributed by atoms with E-state index in [-0.39, 0.29) is 11.7 Å². The number of carbonyl (C=O) groups excluding carboxylic acids is 1. The highest BCUT2D eigenvalue weighted by Gasteiger charge is 2.08. The summed E-state index contributed by atoms with van der Waals surface area (Å²) in [6, 6.07) is 0. The highest BCUT2D eigenvalue weighted by molar-refractivity contribution is 7.91. The Morgan fingerprint density at radius 1 is 1.67 bits per heavy atom. The molecule has 0 N–H and O–H groups in total. The summed E-state index contributed by atoms with van der Waals surface area (Å²) in [7, 11) is 3.30. The van der Waals surface area contributed by atoms with E-state index in [0.29, 0.717) is 0 Å². The van der Waals surface area contributed by atoms with Crippen LogP contribution in [0.1, 0.15) is 0 Å². The van der Waals surface area contributed by atoms with Crippen LogP contribution >= 0.6 is 0 Å². The first-order chi connectivity index (χ1) is 4.04. The molecule has 0 aromatic heterocycles. The molecule has 0 heterocycles. The monoisotopic (exact) mass is 149 g/mol. The maximum absolute atomic E-state index is 10.7. The van der Waals surface area contributed by atoms with E-state index in [4.69, 9.17) is 0 Å². The summed E-state index contributed by atoms with van der Waals surface area (Å²) in [4.78, 5) is 12.1. The summed E-state index contributed by atoms with van der Waals surface area (Å²) in [6.45, 7) is 0. The maximum Gasteiger partial charge on any atom is 0.271 e. The van der Waals surface area contributed by atoms with Crippen LogP contribution < -0.4 is 0 Å². The molecule has 1 amide bonds. The van der Waals surface area contributed by atoms with Gasteiger partial charge in [0.1, 0.15) is 0 Å². The number of hydrogen-bond acceptors (Lipinski definition) is 2. The van der Waals surface area contributed by atoms with Crippen LogP contribution in [0.15, 0.2) is 0 Å². The van der Waals surface area contributed by atoms with Crippen LogP contribution in [0.5, 0.6) is 0 Å². The van der Waals surface area contributed by atoms with E-state index in [9.17, 15) is 9.35 Å². The van der Waals surface area contributed by atoms with Gasteiger partial charge in [0.15, 0.2) is 5.75 Å². The second-order valence-electron chi connectivity index (χ2n) is 2.01. The minimum atomic E-state index is -1.01. The van der Waals surface area contributed by atoms with Crippen LogP contribution in [-0.2, 0) is 16.0 Å². The van der Waals surface area contributed by atoms with Crippen molar-refractivity contribution in [2.75, 3.05) is 26.1 Å². The first kappa shape index (κ1) is 8.78. The second-order valence-corrected chi connectivity index (χ2v) is 3.44. The predicted octanol–water partition coefficient (Wildman–Crippen LogP) is -0.547. The zero-order valence-electron chi connectivity index (χ0n) is 5.88. The van der Waals surface area contributed by atoms with Gasteiger partial charge in [-0.3, -0.25) is 4.79 Å². The van der Waals surface area contributed by atoms with Crippen molar-refractivity contribution in [1.29, 1.82) is 0 Å². The van der Waals surface area contributed by atoms with Gasteiger partial charge in [0.25, 0.3) is 5.91 Å². The fraction of sp³-hybridized carbons (Fsp3) is 0.800. The molecule has 0 bridgehead atoms. The van der Waals surface area contributed by atoms with Crippen molar-refractivity contribution in [3.8, 4) is 0 Å².